The van der Waals surface area contributed by atoms with E-state index in [9.17, 15) is 4.79 Å². The first-order valence-electron chi connectivity index (χ1n) is 8.11. The fourth-order valence-corrected chi connectivity index (χ4v) is 3.40. The Morgan fingerprint density at radius 3 is 2.72 bits per heavy atom. The van der Waals surface area contributed by atoms with Crippen molar-refractivity contribution in [1.29, 1.82) is 0 Å². The van der Waals surface area contributed by atoms with Crippen molar-refractivity contribution >= 4 is 34.6 Å². The van der Waals surface area contributed by atoms with Gasteiger partial charge in [0.1, 0.15) is 11.4 Å². The standard InChI is InChI=1S/C20H20N2O2S/c1-4-25-20-21-16(13-15-9-7-8-14(2)12-15)19(23)22(20)17-10-5-6-11-18(17)24-3/h5-13H,4H2,1-3H3/b16-13-. The molecular weight excluding hydrogens is 332 g/mol. The molecule has 0 spiro atoms. The molecular formula is C20H20N2O2S. The number of amidine groups is 1. The topological polar surface area (TPSA) is 41.9 Å². The van der Waals surface area contributed by atoms with Crippen LogP contribution in [0.25, 0.3) is 6.08 Å². The van der Waals surface area contributed by atoms with E-state index < -0.39 is 0 Å². The Hall–Kier alpha value is -2.53. The first-order chi connectivity index (χ1) is 12.1. The van der Waals surface area contributed by atoms with Gasteiger partial charge in [-0.05, 0) is 36.4 Å². The third kappa shape index (κ3) is 3.61. The normalized spacial score (nSPS) is 15.6. The number of methoxy groups -OCH3 is 1. The van der Waals surface area contributed by atoms with Gasteiger partial charge in [-0.3, -0.25) is 4.79 Å². The number of nitrogens with zero attached hydrogens (tertiary/aromatic N) is 2. The number of aryl methyl sites for hydroxylation is 1. The van der Waals surface area contributed by atoms with Gasteiger partial charge in [-0.25, -0.2) is 9.89 Å². The van der Waals surface area contributed by atoms with Crippen LogP contribution in [-0.4, -0.2) is 23.9 Å². The quantitative estimate of drug-likeness (QED) is 0.761. The van der Waals surface area contributed by atoms with Gasteiger partial charge in [0.2, 0.25) is 0 Å². The highest BCUT2D eigenvalue weighted by molar-refractivity contribution is 8.14. The summed E-state index contributed by atoms with van der Waals surface area (Å²) in [5.41, 5.74) is 3.26. The largest absolute Gasteiger partial charge is 0.495 e. The van der Waals surface area contributed by atoms with Crippen molar-refractivity contribution in [2.24, 2.45) is 4.99 Å². The van der Waals surface area contributed by atoms with Gasteiger partial charge in [0.05, 0.1) is 12.8 Å². The molecule has 0 saturated carbocycles. The maximum atomic E-state index is 13.0. The lowest BCUT2D eigenvalue weighted by atomic mass is 10.1. The summed E-state index contributed by atoms with van der Waals surface area (Å²) in [6.45, 7) is 4.07. The van der Waals surface area contributed by atoms with Gasteiger partial charge in [-0.1, -0.05) is 60.6 Å². The van der Waals surface area contributed by atoms with E-state index in [1.165, 1.54) is 0 Å². The average Bonchev–Trinajstić information content (AvgIpc) is 2.90. The number of carbonyl (C=O) groups is 1. The smallest absolute Gasteiger partial charge is 0.283 e. The average molecular weight is 352 g/mol. The molecule has 0 N–H and O–H groups in total. The number of rotatable bonds is 4. The maximum absolute atomic E-state index is 13.0. The minimum absolute atomic E-state index is 0.137. The highest BCUT2D eigenvalue weighted by atomic mass is 32.2. The van der Waals surface area contributed by atoms with Crippen LogP contribution in [0.3, 0.4) is 0 Å². The number of carbonyl (C=O) groups excluding carboxylic acids is 1. The van der Waals surface area contributed by atoms with Crippen molar-refractivity contribution in [3.8, 4) is 5.75 Å². The molecule has 0 unspecified atom stereocenters. The highest BCUT2D eigenvalue weighted by Gasteiger charge is 2.33. The van der Waals surface area contributed by atoms with E-state index in [-0.39, 0.29) is 5.91 Å². The molecule has 0 aliphatic carbocycles. The molecule has 0 radical (unpaired) electrons. The number of thioether (sulfide) groups is 1. The van der Waals surface area contributed by atoms with E-state index in [1.54, 1.807) is 23.8 Å². The van der Waals surface area contributed by atoms with E-state index in [0.29, 0.717) is 22.3 Å². The molecule has 1 amide bonds. The number of amides is 1. The van der Waals surface area contributed by atoms with Crippen molar-refractivity contribution < 1.29 is 9.53 Å². The van der Waals surface area contributed by atoms with Gasteiger partial charge in [0.25, 0.3) is 5.91 Å². The number of anilines is 1. The van der Waals surface area contributed by atoms with Crippen LogP contribution in [0.4, 0.5) is 5.69 Å². The van der Waals surface area contributed by atoms with Crippen molar-refractivity contribution in [1.82, 2.24) is 0 Å². The monoisotopic (exact) mass is 352 g/mol. The van der Waals surface area contributed by atoms with Crippen LogP contribution < -0.4 is 9.64 Å². The molecule has 1 heterocycles. The van der Waals surface area contributed by atoms with Crippen molar-refractivity contribution in [2.45, 2.75) is 13.8 Å². The molecule has 25 heavy (non-hydrogen) atoms. The molecule has 2 aromatic rings. The zero-order valence-electron chi connectivity index (χ0n) is 14.5. The van der Waals surface area contributed by atoms with Gasteiger partial charge in [-0.15, -0.1) is 0 Å². The van der Waals surface area contributed by atoms with E-state index in [1.807, 2.05) is 68.5 Å². The lowest BCUT2D eigenvalue weighted by Crippen LogP contribution is -2.30. The van der Waals surface area contributed by atoms with Gasteiger partial charge < -0.3 is 4.74 Å². The SMILES string of the molecule is CCSC1=N/C(=C\c2cccc(C)c2)C(=O)N1c1ccccc1OC. The number of hydrogen-bond donors (Lipinski definition) is 0. The third-order valence-corrected chi connectivity index (χ3v) is 4.60. The molecule has 5 heteroatoms. The summed E-state index contributed by atoms with van der Waals surface area (Å²) < 4.78 is 5.42. The Bertz CT molecular complexity index is 858. The summed E-state index contributed by atoms with van der Waals surface area (Å²) in [5.74, 6) is 1.34. The molecule has 0 fully saturated rings. The van der Waals surface area contributed by atoms with E-state index in [2.05, 4.69) is 4.99 Å². The second-order valence-corrected chi connectivity index (χ2v) is 6.81. The van der Waals surface area contributed by atoms with Crippen LogP contribution in [0.2, 0.25) is 0 Å². The first kappa shape index (κ1) is 17.3. The van der Waals surface area contributed by atoms with Crippen LogP contribution in [-0.2, 0) is 4.79 Å². The molecule has 0 aromatic heterocycles. The molecule has 128 valence electrons. The van der Waals surface area contributed by atoms with E-state index >= 15 is 0 Å². The van der Waals surface area contributed by atoms with Crippen LogP contribution >= 0.6 is 11.8 Å². The van der Waals surface area contributed by atoms with Crippen LogP contribution in [0.15, 0.2) is 59.2 Å². The molecule has 4 nitrogen and oxygen atoms in total. The second kappa shape index (κ2) is 7.57. The first-order valence-corrected chi connectivity index (χ1v) is 9.10. The molecule has 2 aromatic carbocycles. The van der Waals surface area contributed by atoms with Crippen LogP contribution in [0.1, 0.15) is 18.1 Å². The number of aliphatic imine (C=N–C) groups is 1. The fourth-order valence-electron chi connectivity index (χ4n) is 2.67. The Morgan fingerprint density at radius 1 is 1.20 bits per heavy atom. The lowest BCUT2D eigenvalue weighted by Gasteiger charge is -2.19. The second-order valence-electron chi connectivity index (χ2n) is 5.58. The Labute approximate surface area is 152 Å². The summed E-state index contributed by atoms with van der Waals surface area (Å²) in [4.78, 5) is 19.2. The minimum Gasteiger partial charge on any atom is -0.495 e. The molecule has 0 saturated heterocycles. The van der Waals surface area contributed by atoms with Gasteiger partial charge >= 0.3 is 0 Å². The predicted molar refractivity (Wildman–Crippen MR) is 105 cm³/mol. The van der Waals surface area contributed by atoms with Gasteiger partial charge in [0, 0.05) is 0 Å². The Morgan fingerprint density at radius 2 is 2.00 bits per heavy atom. The number of ether oxygens (including phenoxy) is 1. The zero-order valence-corrected chi connectivity index (χ0v) is 15.3. The summed E-state index contributed by atoms with van der Waals surface area (Å²) in [6, 6.07) is 15.5. The molecule has 1 aliphatic rings. The lowest BCUT2D eigenvalue weighted by molar-refractivity contribution is -0.113. The Kier molecular flexibility index (Phi) is 5.24. The van der Waals surface area contributed by atoms with Gasteiger partial charge in [0.15, 0.2) is 5.17 Å². The highest BCUT2D eigenvalue weighted by Crippen LogP contribution is 2.35. The number of benzene rings is 2. The van der Waals surface area contributed by atoms with Crippen molar-refractivity contribution in [2.75, 3.05) is 17.8 Å². The van der Waals surface area contributed by atoms with Crippen molar-refractivity contribution in [3.63, 3.8) is 0 Å². The van der Waals surface area contributed by atoms with Gasteiger partial charge in [-0.2, -0.15) is 0 Å². The van der Waals surface area contributed by atoms with E-state index in [4.69, 9.17) is 4.74 Å². The zero-order chi connectivity index (χ0) is 17.8. The maximum Gasteiger partial charge on any atom is 0.283 e. The summed E-state index contributed by atoms with van der Waals surface area (Å²) in [7, 11) is 1.60. The molecule has 1 aliphatic heterocycles. The molecule has 0 atom stereocenters. The number of hydrogen-bond acceptors (Lipinski definition) is 4. The summed E-state index contributed by atoms with van der Waals surface area (Å²) in [5, 5.41) is 0.677. The Balaban J connectivity index is 2.03. The summed E-state index contributed by atoms with van der Waals surface area (Å²) in [6.07, 6.45) is 1.83. The minimum atomic E-state index is -0.137. The van der Waals surface area contributed by atoms with Crippen molar-refractivity contribution in [3.05, 3.63) is 65.4 Å². The molecule has 0 bridgehead atoms. The summed E-state index contributed by atoms with van der Waals surface area (Å²) >= 11 is 1.54. The third-order valence-electron chi connectivity index (χ3n) is 3.77. The molecule has 3 rings (SSSR count). The number of para-hydroxylation sites is 2. The van der Waals surface area contributed by atoms with E-state index in [0.717, 1.165) is 16.9 Å². The predicted octanol–water partition coefficient (Wildman–Crippen LogP) is 4.50. The van der Waals surface area contributed by atoms with Crippen LogP contribution in [0.5, 0.6) is 5.75 Å². The fraction of sp³-hybridized carbons (Fsp3) is 0.200. The van der Waals surface area contributed by atoms with Crippen LogP contribution in [0, 0.1) is 6.92 Å².